The normalized spacial score (nSPS) is 17.3. The topological polar surface area (TPSA) is 48.1 Å². The smallest absolute Gasteiger partial charge is 0.119 e. The molecule has 1 unspecified atom stereocenters. The van der Waals surface area contributed by atoms with Gasteiger partial charge in [-0.2, -0.15) is 0 Å². The average Bonchev–Trinajstić information content (AvgIpc) is 2.90. The largest absolute Gasteiger partial charge is 0.497 e. The molecule has 98 valence electrons. The molecule has 0 spiro atoms. The zero-order valence-electron chi connectivity index (χ0n) is 11.1. The van der Waals surface area contributed by atoms with Crippen molar-refractivity contribution in [3.8, 4) is 5.75 Å². The molecule has 0 saturated heterocycles. The first-order valence-electron chi connectivity index (χ1n) is 6.64. The first kappa shape index (κ1) is 12.2. The Morgan fingerprint density at radius 1 is 1.37 bits per heavy atom. The van der Waals surface area contributed by atoms with Crippen molar-refractivity contribution in [3.63, 3.8) is 0 Å². The quantitative estimate of drug-likeness (QED) is 0.916. The molecular formula is C16H18N2O. The van der Waals surface area contributed by atoms with Crippen molar-refractivity contribution in [3.05, 3.63) is 58.9 Å². The van der Waals surface area contributed by atoms with Crippen molar-refractivity contribution in [1.29, 1.82) is 0 Å². The molecule has 0 bridgehead atoms. The van der Waals surface area contributed by atoms with Crippen LogP contribution in [0.25, 0.3) is 0 Å². The molecule has 1 atom stereocenters. The summed E-state index contributed by atoms with van der Waals surface area (Å²) in [6, 6.07) is 10.4. The van der Waals surface area contributed by atoms with Gasteiger partial charge in [0.25, 0.3) is 0 Å². The number of nitrogens with two attached hydrogens (primary N) is 1. The molecule has 1 aromatic carbocycles. The van der Waals surface area contributed by atoms with E-state index < -0.39 is 0 Å². The number of pyridine rings is 1. The van der Waals surface area contributed by atoms with Crippen LogP contribution in [0.4, 0.5) is 0 Å². The minimum absolute atomic E-state index is 0.376. The Kier molecular flexibility index (Phi) is 3.22. The number of rotatable bonds is 3. The molecule has 1 aromatic heterocycles. The van der Waals surface area contributed by atoms with Crippen LogP contribution in [0.1, 0.15) is 34.7 Å². The van der Waals surface area contributed by atoms with E-state index in [1.165, 1.54) is 16.8 Å². The number of nitrogens with zero attached hydrogens (tertiary/aromatic N) is 1. The van der Waals surface area contributed by atoms with Crippen LogP contribution >= 0.6 is 0 Å². The van der Waals surface area contributed by atoms with Crippen molar-refractivity contribution >= 4 is 0 Å². The highest BCUT2D eigenvalue weighted by Crippen LogP contribution is 2.38. The van der Waals surface area contributed by atoms with Crippen molar-refractivity contribution in [1.82, 2.24) is 4.98 Å². The molecule has 0 amide bonds. The first-order chi connectivity index (χ1) is 9.33. The maximum absolute atomic E-state index is 5.89. The molecule has 2 N–H and O–H groups in total. The average molecular weight is 254 g/mol. The standard InChI is InChI=1S/C16H18N2O/c1-19-13-5-7-14(12(9-13)10-17)15-6-4-11-3-2-8-18-16(11)15/h2-3,5,7-9,15H,4,6,10,17H2,1H3. The summed E-state index contributed by atoms with van der Waals surface area (Å²) >= 11 is 0. The molecule has 1 aliphatic carbocycles. The molecular weight excluding hydrogens is 236 g/mol. The summed E-state index contributed by atoms with van der Waals surface area (Å²) in [7, 11) is 1.68. The Labute approximate surface area is 113 Å². The molecule has 3 nitrogen and oxygen atoms in total. The minimum atomic E-state index is 0.376. The number of aryl methyl sites for hydroxylation is 1. The van der Waals surface area contributed by atoms with E-state index in [1.54, 1.807) is 7.11 Å². The fraction of sp³-hybridized carbons (Fsp3) is 0.312. The lowest BCUT2D eigenvalue weighted by Gasteiger charge is -2.16. The second-order valence-corrected chi connectivity index (χ2v) is 4.91. The number of hydrogen-bond donors (Lipinski definition) is 1. The zero-order chi connectivity index (χ0) is 13.2. The molecule has 2 aromatic rings. The van der Waals surface area contributed by atoms with Gasteiger partial charge in [0.1, 0.15) is 5.75 Å². The summed E-state index contributed by atoms with van der Waals surface area (Å²) in [6.45, 7) is 0.533. The van der Waals surface area contributed by atoms with Crippen LogP contribution in [-0.4, -0.2) is 12.1 Å². The maximum atomic E-state index is 5.89. The maximum Gasteiger partial charge on any atom is 0.119 e. The van der Waals surface area contributed by atoms with Crippen LogP contribution in [0.2, 0.25) is 0 Å². The van der Waals surface area contributed by atoms with Gasteiger partial charge in [-0.1, -0.05) is 12.1 Å². The SMILES string of the molecule is COc1ccc(C2CCc3cccnc32)c(CN)c1. The number of hydrogen-bond acceptors (Lipinski definition) is 3. The van der Waals surface area contributed by atoms with E-state index in [0.29, 0.717) is 12.5 Å². The monoisotopic (exact) mass is 254 g/mol. The van der Waals surface area contributed by atoms with Gasteiger partial charge in [0.05, 0.1) is 12.8 Å². The number of methoxy groups -OCH3 is 1. The summed E-state index contributed by atoms with van der Waals surface area (Å²) in [5, 5.41) is 0. The Hall–Kier alpha value is -1.87. The fourth-order valence-electron chi connectivity index (χ4n) is 2.94. The van der Waals surface area contributed by atoms with Gasteiger partial charge in [-0.05, 0) is 47.7 Å². The van der Waals surface area contributed by atoms with Gasteiger partial charge in [-0.3, -0.25) is 4.98 Å². The zero-order valence-corrected chi connectivity index (χ0v) is 11.1. The van der Waals surface area contributed by atoms with Crippen LogP contribution in [0.5, 0.6) is 5.75 Å². The predicted octanol–water partition coefficient (Wildman–Crippen LogP) is 2.63. The van der Waals surface area contributed by atoms with E-state index in [1.807, 2.05) is 24.4 Å². The Balaban J connectivity index is 2.04. The molecule has 19 heavy (non-hydrogen) atoms. The molecule has 1 aliphatic rings. The van der Waals surface area contributed by atoms with E-state index in [0.717, 1.165) is 24.2 Å². The van der Waals surface area contributed by atoms with E-state index in [-0.39, 0.29) is 0 Å². The van der Waals surface area contributed by atoms with E-state index >= 15 is 0 Å². The predicted molar refractivity (Wildman–Crippen MR) is 75.3 cm³/mol. The third-order valence-electron chi connectivity index (χ3n) is 3.90. The summed E-state index contributed by atoms with van der Waals surface area (Å²) in [5.74, 6) is 1.24. The van der Waals surface area contributed by atoms with Crippen molar-refractivity contribution in [2.24, 2.45) is 5.73 Å². The highest BCUT2D eigenvalue weighted by atomic mass is 16.5. The highest BCUT2D eigenvalue weighted by molar-refractivity contribution is 5.44. The Morgan fingerprint density at radius 2 is 2.26 bits per heavy atom. The molecule has 0 saturated carbocycles. The number of ether oxygens (including phenoxy) is 1. The van der Waals surface area contributed by atoms with Crippen LogP contribution in [0, 0.1) is 0 Å². The summed E-state index contributed by atoms with van der Waals surface area (Å²) in [4.78, 5) is 4.56. The van der Waals surface area contributed by atoms with Crippen molar-refractivity contribution in [2.75, 3.05) is 7.11 Å². The van der Waals surface area contributed by atoms with Crippen molar-refractivity contribution < 1.29 is 4.74 Å². The number of aromatic nitrogens is 1. The fourth-order valence-corrected chi connectivity index (χ4v) is 2.94. The van der Waals surface area contributed by atoms with Gasteiger partial charge in [0, 0.05) is 18.7 Å². The van der Waals surface area contributed by atoms with Crippen molar-refractivity contribution in [2.45, 2.75) is 25.3 Å². The number of fused-ring (bicyclic) bond motifs is 1. The van der Waals surface area contributed by atoms with Gasteiger partial charge < -0.3 is 10.5 Å². The van der Waals surface area contributed by atoms with Gasteiger partial charge in [-0.25, -0.2) is 0 Å². The Morgan fingerprint density at radius 3 is 3.05 bits per heavy atom. The second-order valence-electron chi connectivity index (χ2n) is 4.91. The van der Waals surface area contributed by atoms with Crippen LogP contribution in [-0.2, 0) is 13.0 Å². The number of benzene rings is 1. The minimum Gasteiger partial charge on any atom is -0.497 e. The summed E-state index contributed by atoms with van der Waals surface area (Å²) in [5.41, 5.74) is 10.9. The molecule has 3 rings (SSSR count). The van der Waals surface area contributed by atoms with Crippen LogP contribution in [0.15, 0.2) is 36.5 Å². The molecule has 1 heterocycles. The molecule has 3 heteroatoms. The van der Waals surface area contributed by atoms with Gasteiger partial charge in [0.15, 0.2) is 0 Å². The summed E-state index contributed by atoms with van der Waals surface area (Å²) < 4.78 is 5.27. The summed E-state index contributed by atoms with van der Waals surface area (Å²) in [6.07, 6.45) is 4.10. The third-order valence-corrected chi connectivity index (χ3v) is 3.90. The van der Waals surface area contributed by atoms with E-state index in [9.17, 15) is 0 Å². The van der Waals surface area contributed by atoms with Gasteiger partial charge in [-0.15, -0.1) is 0 Å². The van der Waals surface area contributed by atoms with E-state index in [4.69, 9.17) is 10.5 Å². The Bertz CT molecular complexity index is 595. The molecule has 0 radical (unpaired) electrons. The first-order valence-corrected chi connectivity index (χ1v) is 6.64. The lowest BCUT2D eigenvalue weighted by atomic mass is 9.92. The lowest BCUT2D eigenvalue weighted by Crippen LogP contribution is -2.07. The molecule has 0 fully saturated rings. The molecule has 0 aliphatic heterocycles. The van der Waals surface area contributed by atoms with Crippen LogP contribution in [0.3, 0.4) is 0 Å². The van der Waals surface area contributed by atoms with Gasteiger partial charge in [0.2, 0.25) is 0 Å². The van der Waals surface area contributed by atoms with Gasteiger partial charge >= 0.3 is 0 Å². The van der Waals surface area contributed by atoms with E-state index in [2.05, 4.69) is 17.1 Å². The van der Waals surface area contributed by atoms with Crippen LogP contribution < -0.4 is 10.5 Å². The highest BCUT2D eigenvalue weighted by Gasteiger charge is 2.26. The second kappa shape index (κ2) is 5.02. The third kappa shape index (κ3) is 2.10. The lowest BCUT2D eigenvalue weighted by molar-refractivity contribution is 0.414.